The summed E-state index contributed by atoms with van der Waals surface area (Å²) >= 11 is 2.26. The second-order valence-electron chi connectivity index (χ2n) is 9.33. The van der Waals surface area contributed by atoms with E-state index in [1.54, 1.807) is 0 Å². The topological polar surface area (TPSA) is 26.3 Å². The van der Waals surface area contributed by atoms with Gasteiger partial charge in [-0.1, -0.05) is 41.5 Å². The van der Waals surface area contributed by atoms with Crippen LogP contribution in [0.2, 0.25) is 0 Å². The maximum absolute atomic E-state index is 12.8. The number of carbonyl (C=O) groups is 1. The van der Waals surface area contributed by atoms with Crippen molar-refractivity contribution in [1.82, 2.24) is 0 Å². The number of esters is 1. The fourth-order valence-corrected chi connectivity index (χ4v) is 4.25. The molecule has 0 amide bonds. The number of ether oxygens (including phenoxy) is 1. The third kappa shape index (κ3) is 4.96. The maximum atomic E-state index is 12.8. The van der Waals surface area contributed by atoms with Crippen molar-refractivity contribution in [1.29, 1.82) is 0 Å². The zero-order valence-corrected chi connectivity index (χ0v) is 18.0. The highest BCUT2D eigenvalue weighted by atomic mass is 127. The first-order valence-corrected chi connectivity index (χ1v) is 10.0. The van der Waals surface area contributed by atoms with E-state index in [2.05, 4.69) is 64.1 Å². The third-order valence-corrected chi connectivity index (χ3v) is 6.24. The third-order valence-electron chi connectivity index (χ3n) is 5.52. The van der Waals surface area contributed by atoms with Crippen LogP contribution >= 0.6 is 22.6 Å². The van der Waals surface area contributed by atoms with Crippen LogP contribution in [-0.4, -0.2) is 5.97 Å². The van der Waals surface area contributed by atoms with Gasteiger partial charge < -0.3 is 4.74 Å². The summed E-state index contributed by atoms with van der Waals surface area (Å²) in [6, 6.07) is 7.71. The van der Waals surface area contributed by atoms with E-state index in [-0.39, 0.29) is 17.3 Å². The van der Waals surface area contributed by atoms with Gasteiger partial charge in [-0.15, -0.1) is 0 Å². The average molecular weight is 442 g/mol. The Labute approximate surface area is 160 Å². The molecule has 3 heteroatoms. The normalized spacial score (nSPS) is 25.4. The Morgan fingerprint density at radius 2 is 1.58 bits per heavy atom. The molecular formula is C21H31IO2. The number of rotatable bonds is 2. The Kier molecular flexibility index (Phi) is 6.04. The Morgan fingerprint density at radius 3 is 2.08 bits per heavy atom. The Hall–Kier alpha value is -0.580. The summed E-state index contributed by atoms with van der Waals surface area (Å²) < 4.78 is 6.86. The molecule has 1 fully saturated rings. The zero-order chi connectivity index (χ0) is 18.1. The minimum Gasteiger partial charge on any atom is -0.426 e. The number of hydrogen-bond acceptors (Lipinski definition) is 2. The lowest BCUT2D eigenvalue weighted by Crippen LogP contribution is -2.42. The second-order valence-corrected chi connectivity index (χ2v) is 10.6. The zero-order valence-electron chi connectivity index (χ0n) is 15.9. The summed E-state index contributed by atoms with van der Waals surface area (Å²) in [5, 5.41) is 0. The van der Waals surface area contributed by atoms with Gasteiger partial charge in [-0.05, 0) is 88.8 Å². The largest absolute Gasteiger partial charge is 0.426 e. The van der Waals surface area contributed by atoms with Gasteiger partial charge in [0.15, 0.2) is 0 Å². The standard InChI is InChI=1S/C21H31IO2/c1-20(2,3)14-7-12-17(18(13-14)21(4,5)6)19(23)24-16-10-8-15(22)9-11-16/h8-11,14,17-18H,7,12-13H2,1-6H3. The molecular weight excluding hydrogens is 411 g/mol. The van der Waals surface area contributed by atoms with Gasteiger partial charge in [0, 0.05) is 3.57 Å². The van der Waals surface area contributed by atoms with Crippen LogP contribution in [-0.2, 0) is 4.79 Å². The molecule has 0 heterocycles. The van der Waals surface area contributed by atoms with Crippen LogP contribution in [0.4, 0.5) is 0 Å². The summed E-state index contributed by atoms with van der Waals surface area (Å²) in [5.41, 5.74) is 0.411. The first-order valence-electron chi connectivity index (χ1n) is 8.96. The molecule has 1 aromatic carbocycles. The summed E-state index contributed by atoms with van der Waals surface area (Å²) in [5.74, 6) is 1.65. The molecule has 3 atom stereocenters. The van der Waals surface area contributed by atoms with Crippen LogP contribution in [0.25, 0.3) is 0 Å². The second kappa shape index (κ2) is 7.35. The Balaban J connectivity index is 2.15. The maximum Gasteiger partial charge on any atom is 0.314 e. The molecule has 0 spiro atoms. The van der Waals surface area contributed by atoms with Crippen LogP contribution in [0.1, 0.15) is 60.8 Å². The Bertz CT molecular complexity index is 563. The highest BCUT2D eigenvalue weighted by Crippen LogP contribution is 2.49. The van der Waals surface area contributed by atoms with E-state index in [4.69, 9.17) is 4.74 Å². The molecule has 0 radical (unpaired) electrons. The molecule has 134 valence electrons. The van der Waals surface area contributed by atoms with E-state index in [1.165, 1.54) is 0 Å². The van der Waals surface area contributed by atoms with Crippen molar-refractivity contribution >= 4 is 28.6 Å². The molecule has 24 heavy (non-hydrogen) atoms. The van der Waals surface area contributed by atoms with Gasteiger partial charge in [0.1, 0.15) is 5.75 Å². The van der Waals surface area contributed by atoms with Gasteiger partial charge in [-0.3, -0.25) is 4.79 Å². The number of hydrogen-bond donors (Lipinski definition) is 0. The van der Waals surface area contributed by atoms with E-state index in [0.29, 0.717) is 23.0 Å². The minimum absolute atomic E-state index is 0.00266. The van der Waals surface area contributed by atoms with Crippen LogP contribution in [0, 0.1) is 32.2 Å². The van der Waals surface area contributed by atoms with Crippen molar-refractivity contribution in [2.45, 2.75) is 60.8 Å². The summed E-state index contributed by atoms with van der Waals surface area (Å²) in [6.45, 7) is 13.7. The molecule has 1 saturated carbocycles. The number of halogens is 1. The molecule has 0 saturated heterocycles. The number of benzene rings is 1. The lowest BCUT2D eigenvalue weighted by atomic mass is 9.59. The van der Waals surface area contributed by atoms with Gasteiger partial charge in [-0.25, -0.2) is 0 Å². The summed E-state index contributed by atoms with van der Waals surface area (Å²) in [4.78, 5) is 12.8. The Morgan fingerprint density at radius 1 is 1.00 bits per heavy atom. The van der Waals surface area contributed by atoms with Crippen molar-refractivity contribution < 1.29 is 9.53 Å². The van der Waals surface area contributed by atoms with E-state index in [1.807, 2.05) is 24.3 Å². The van der Waals surface area contributed by atoms with Crippen LogP contribution < -0.4 is 4.74 Å². The van der Waals surface area contributed by atoms with Crippen molar-refractivity contribution in [3.63, 3.8) is 0 Å². The van der Waals surface area contributed by atoms with Gasteiger partial charge in [0.05, 0.1) is 5.92 Å². The lowest BCUT2D eigenvalue weighted by Gasteiger charge is -2.46. The van der Waals surface area contributed by atoms with Crippen molar-refractivity contribution in [2.75, 3.05) is 0 Å². The molecule has 2 nitrogen and oxygen atoms in total. The first kappa shape index (κ1) is 19.7. The number of carbonyl (C=O) groups excluding carboxylic acids is 1. The van der Waals surface area contributed by atoms with E-state index >= 15 is 0 Å². The molecule has 1 aliphatic carbocycles. The first-order chi connectivity index (χ1) is 11.0. The predicted octanol–water partition coefficient (Wildman–Crippen LogP) is 6.32. The monoisotopic (exact) mass is 442 g/mol. The van der Waals surface area contributed by atoms with E-state index in [0.717, 1.165) is 22.8 Å². The highest BCUT2D eigenvalue weighted by Gasteiger charge is 2.44. The molecule has 0 aromatic heterocycles. The molecule has 2 rings (SSSR count). The van der Waals surface area contributed by atoms with Crippen molar-refractivity contribution in [2.24, 2.45) is 28.6 Å². The molecule has 0 bridgehead atoms. The summed E-state index contributed by atoms with van der Waals surface area (Å²) in [6.07, 6.45) is 3.16. The van der Waals surface area contributed by atoms with Crippen LogP contribution in [0.15, 0.2) is 24.3 Å². The van der Waals surface area contributed by atoms with Gasteiger partial charge in [-0.2, -0.15) is 0 Å². The van der Waals surface area contributed by atoms with Gasteiger partial charge in [0.2, 0.25) is 0 Å². The van der Waals surface area contributed by atoms with Crippen molar-refractivity contribution in [3.8, 4) is 5.75 Å². The SMILES string of the molecule is CC(C)(C)C1CCC(C(=O)Oc2ccc(I)cc2)C(C(C)(C)C)C1. The molecule has 1 aliphatic rings. The highest BCUT2D eigenvalue weighted by molar-refractivity contribution is 14.1. The van der Waals surface area contributed by atoms with Crippen LogP contribution in [0.5, 0.6) is 5.75 Å². The molecule has 0 N–H and O–H groups in total. The predicted molar refractivity (Wildman–Crippen MR) is 108 cm³/mol. The fraction of sp³-hybridized carbons (Fsp3) is 0.667. The molecule has 3 unspecified atom stereocenters. The average Bonchev–Trinajstić information content (AvgIpc) is 2.47. The van der Waals surface area contributed by atoms with E-state index in [9.17, 15) is 4.79 Å². The van der Waals surface area contributed by atoms with Crippen molar-refractivity contribution in [3.05, 3.63) is 27.8 Å². The molecule has 0 aliphatic heterocycles. The van der Waals surface area contributed by atoms with Gasteiger partial charge >= 0.3 is 5.97 Å². The lowest BCUT2D eigenvalue weighted by molar-refractivity contribution is -0.145. The quantitative estimate of drug-likeness (QED) is 0.304. The summed E-state index contributed by atoms with van der Waals surface area (Å²) in [7, 11) is 0. The minimum atomic E-state index is -0.0523. The van der Waals surface area contributed by atoms with Gasteiger partial charge in [0.25, 0.3) is 0 Å². The smallest absolute Gasteiger partial charge is 0.314 e. The fourth-order valence-electron chi connectivity index (χ4n) is 3.89. The molecule has 1 aromatic rings. The van der Waals surface area contributed by atoms with E-state index < -0.39 is 0 Å². The van der Waals surface area contributed by atoms with Crippen LogP contribution in [0.3, 0.4) is 0 Å².